The number of carbonyl (C=O) groups excluding carboxylic acids is 1. The minimum absolute atomic E-state index is 0.143. The third kappa shape index (κ3) is 5.71. The number of halogens is 1. The molecule has 2 aromatic carbocycles. The van der Waals surface area contributed by atoms with Crippen LogP contribution in [-0.2, 0) is 4.79 Å². The molecule has 0 radical (unpaired) electrons. The van der Waals surface area contributed by atoms with Gasteiger partial charge in [-0.3, -0.25) is 9.36 Å². The Morgan fingerprint density at radius 2 is 1.85 bits per heavy atom. The van der Waals surface area contributed by atoms with Crippen LogP contribution in [-0.4, -0.2) is 51.0 Å². The second kappa shape index (κ2) is 10.6. The first-order valence-electron chi connectivity index (χ1n) is 11.3. The van der Waals surface area contributed by atoms with E-state index in [2.05, 4.69) is 24.0 Å². The van der Waals surface area contributed by atoms with Gasteiger partial charge in [0.15, 0.2) is 11.0 Å². The standard InChI is InChI=1S/C25H29ClN4O2S/c1-4-32-22-10-8-21(9-11-22)30-24(19-6-5-7-20(26)13-19)27-28-25(30)33-16-23(31)29-14-17(2)12-18(3)15-29/h5-11,13,17-18H,4,12,14-16H2,1-3H3. The highest BCUT2D eigenvalue weighted by atomic mass is 35.5. The molecule has 0 N–H and O–H groups in total. The number of ether oxygens (including phenoxy) is 1. The molecule has 174 valence electrons. The molecule has 4 rings (SSSR count). The van der Waals surface area contributed by atoms with Gasteiger partial charge in [-0.2, -0.15) is 0 Å². The van der Waals surface area contributed by atoms with Crippen LogP contribution < -0.4 is 4.74 Å². The molecule has 1 aromatic heterocycles. The van der Waals surface area contributed by atoms with Crippen molar-refractivity contribution < 1.29 is 9.53 Å². The first kappa shape index (κ1) is 23.6. The average molecular weight is 485 g/mol. The Kier molecular flexibility index (Phi) is 7.60. The summed E-state index contributed by atoms with van der Waals surface area (Å²) in [5.74, 6) is 3.01. The van der Waals surface area contributed by atoms with Crippen LogP contribution in [0.15, 0.2) is 53.7 Å². The summed E-state index contributed by atoms with van der Waals surface area (Å²) in [4.78, 5) is 14.9. The number of aromatic nitrogens is 3. The van der Waals surface area contributed by atoms with Crippen molar-refractivity contribution in [2.24, 2.45) is 11.8 Å². The van der Waals surface area contributed by atoms with Crippen molar-refractivity contribution in [3.05, 3.63) is 53.6 Å². The fourth-order valence-electron chi connectivity index (χ4n) is 4.35. The average Bonchev–Trinajstić information content (AvgIpc) is 3.21. The third-order valence-corrected chi connectivity index (χ3v) is 6.82. The van der Waals surface area contributed by atoms with E-state index in [1.165, 1.54) is 18.2 Å². The van der Waals surface area contributed by atoms with Crippen molar-refractivity contribution in [3.63, 3.8) is 0 Å². The first-order chi connectivity index (χ1) is 15.9. The molecule has 1 aliphatic rings. The second-order valence-corrected chi connectivity index (χ2v) is 9.99. The Balaban J connectivity index is 1.61. The molecular formula is C25H29ClN4O2S. The van der Waals surface area contributed by atoms with E-state index in [1.54, 1.807) is 0 Å². The fraction of sp³-hybridized carbons (Fsp3) is 0.400. The third-order valence-electron chi connectivity index (χ3n) is 5.67. The lowest BCUT2D eigenvalue weighted by Crippen LogP contribution is -2.43. The van der Waals surface area contributed by atoms with E-state index in [9.17, 15) is 4.79 Å². The summed E-state index contributed by atoms with van der Waals surface area (Å²) >= 11 is 7.65. The molecule has 1 fully saturated rings. The van der Waals surface area contributed by atoms with Crippen LogP contribution in [0, 0.1) is 11.8 Å². The molecular weight excluding hydrogens is 456 g/mol. The predicted octanol–water partition coefficient (Wildman–Crippen LogP) is 5.58. The van der Waals surface area contributed by atoms with Gasteiger partial charge in [-0.15, -0.1) is 10.2 Å². The van der Waals surface area contributed by atoms with Crippen molar-refractivity contribution >= 4 is 29.3 Å². The van der Waals surface area contributed by atoms with Gasteiger partial charge in [0.1, 0.15) is 5.75 Å². The van der Waals surface area contributed by atoms with Crippen LogP contribution in [0.5, 0.6) is 5.75 Å². The quantitative estimate of drug-likeness (QED) is 0.409. The number of thioether (sulfide) groups is 1. The molecule has 0 spiro atoms. The van der Waals surface area contributed by atoms with Gasteiger partial charge in [0.2, 0.25) is 5.91 Å². The molecule has 1 saturated heterocycles. The molecule has 3 aromatic rings. The largest absolute Gasteiger partial charge is 0.494 e. The molecule has 2 atom stereocenters. The SMILES string of the molecule is CCOc1ccc(-n2c(SCC(=O)N3CC(C)CC(C)C3)nnc2-c2cccc(Cl)c2)cc1. The van der Waals surface area contributed by atoms with Gasteiger partial charge in [0, 0.05) is 29.4 Å². The van der Waals surface area contributed by atoms with Crippen molar-refractivity contribution in [2.45, 2.75) is 32.3 Å². The highest BCUT2D eigenvalue weighted by molar-refractivity contribution is 7.99. The maximum absolute atomic E-state index is 13.0. The van der Waals surface area contributed by atoms with E-state index in [1.807, 2.05) is 64.9 Å². The molecule has 2 unspecified atom stereocenters. The van der Waals surface area contributed by atoms with Gasteiger partial charge in [-0.05, 0) is 61.6 Å². The van der Waals surface area contributed by atoms with E-state index in [4.69, 9.17) is 16.3 Å². The molecule has 8 heteroatoms. The van der Waals surface area contributed by atoms with E-state index in [0.717, 1.165) is 30.1 Å². The van der Waals surface area contributed by atoms with Crippen molar-refractivity contribution in [1.82, 2.24) is 19.7 Å². The lowest BCUT2D eigenvalue weighted by Gasteiger charge is -2.34. The van der Waals surface area contributed by atoms with Crippen LogP contribution in [0.4, 0.5) is 0 Å². The molecule has 33 heavy (non-hydrogen) atoms. The zero-order chi connectivity index (χ0) is 23.4. The van der Waals surface area contributed by atoms with Gasteiger partial charge in [0.05, 0.1) is 12.4 Å². The summed E-state index contributed by atoms with van der Waals surface area (Å²) in [6, 6.07) is 15.4. The molecule has 2 heterocycles. The van der Waals surface area contributed by atoms with Gasteiger partial charge >= 0.3 is 0 Å². The fourth-order valence-corrected chi connectivity index (χ4v) is 5.40. The minimum atomic E-state index is 0.143. The lowest BCUT2D eigenvalue weighted by molar-refractivity contribution is -0.130. The van der Waals surface area contributed by atoms with Crippen LogP contribution in [0.25, 0.3) is 17.1 Å². The van der Waals surface area contributed by atoms with Crippen LogP contribution in [0.3, 0.4) is 0 Å². The van der Waals surface area contributed by atoms with Crippen LogP contribution in [0.1, 0.15) is 27.2 Å². The number of piperidine rings is 1. The summed E-state index contributed by atoms with van der Waals surface area (Å²) in [5, 5.41) is 10.2. The topological polar surface area (TPSA) is 60.2 Å². The molecule has 0 bridgehead atoms. The number of rotatable bonds is 7. The monoisotopic (exact) mass is 484 g/mol. The number of nitrogens with zero attached hydrogens (tertiary/aromatic N) is 4. The molecule has 0 aliphatic carbocycles. The number of hydrogen-bond acceptors (Lipinski definition) is 5. The van der Waals surface area contributed by atoms with E-state index in [-0.39, 0.29) is 5.91 Å². The molecule has 1 aliphatic heterocycles. The van der Waals surface area contributed by atoms with Gasteiger partial charge in [0.25, 0.3) is 0 Å². The molecule has 1 amide bonds. The summed E-state index contributed by atoms with van der Waals surface area (Å²) < 4.78 is 7.56. The highest BCUT2D eigenvalue weighted by Gasteiger charge is 2.26. The number of benzene rings is 2. The number of amides is 1. The zero-order valence-corrected chi connectivity index (χ0v) is 20.8. The second-order valence-electron chi connectivity index (χ2n) is 8.61. The van der Waals surface area contributed by atoms with E-state index in [0.29, 0.717) is 40.2 Å². The Morgan fingerprint density at radius 1 is 1.12 bits per heavy atom. The lowest BCUT2D eigenvalue weighted by atomic mass is 9.92. The number of hydrogen-bond donors (Lipinski definition) is 0. The van der Waals surface area contributed by atoms with E-state index < -0.39 is 0 Å². The van der Waals surface area contributed by atoms with Gasteiger partial charge in [-0.25, -0.2) is 0 Å². The Bertz CT molecular complexity index is 1090. The Morgan fingerprint density at radius 3 is 2.52 bits per heavy atom. The number of carbonyl (C=O) groups is 1. The summed E-state index contributed by atoms with van der Waals surface area (Å²) in [7, 11) is 0. The molecule has 0 saturated carbocycles. The van der Waals surface area contributed by atoms with Crippen molar-refractivity contribution in [1.29, 1.82) is 0 Å². The predicted molar refractivity (Wildman–Crippen MR) is 133 cm³/mol. The minimum Gasteiger partial charge on any atom is -0.494 e. The Hall–Kier alpha value is -2.51. The van der Waals surface area contributed by atoms with Crippen LogP contribution in [0.2, 0.25) is 5.02 Å². The number of likely N-dealkylation sites (tertiary alicyclic amines) is 1. The molecule has 6 nitrogen and oxygen atoms in total. The summed E-state index contributed by atoms with van der Waals surface area (Å²) in [5.41, 5.74) is 1.76. The Labute approximate surface area is 204 Å². The van der Waals surface area contributed by atoms with E-state index >= 15 is 0 Å². The smallest absolute Gasteiger partial charge is 0.233 e. The van der Waals surface area contributed by atoms with Crippen molar-refractivity contribution in [3.8, 4) is 22.8 Å². The van der Waals surface area contributed by atoms with Crippen molar-refractivity contribution in [2.75, 3.05) is 25.4 Å². The maximum atomic E-state index is 13.0. The normalized spacial score (nSPS) is 18.4. The summed E-state index contributed by atoms with van der Waals surface area (Å²) in [6.45, 7) is 8.63. The first-order valence-corrected chi connectivity index (χ1v) is 12.7. The van der Waals surface area contributed by atoms with Gasteiger partial charge < -0.3 is 9.64 Å². The maximum Gasteiger partial charge on any atom is 0.233 e. The van der Waals surface area contributed by atoms with Gasteiger partial charge in [-0.1, -0.05) is 49.3 Å². The zero-order valence-electron chi connectivity index (χ0n) is 19.2. The van der Waals surface area contributed by atoms with Crippen LogP contribution >= 0.6 is 23.4 Å². The summed E-state index contributed by atoms with van der Waals surface area (Å²) in [6.07, 6.45) is 1.17. The highest BCUT2D eigenvalue weighted by Crippen LogP contribution is 2.30.